The van der Waals surface area contributed by atoms with Crippen molar-refractivity contribution in [1.29, 1.82) is 0 Å². The lowest BCUT2D eigenvalue weighted by atomic mass is 9.84. The monoisotopic (exact) mass is 1650 g/mol. The topological polar surface area (TPSA) is 380 Å². The predicted octanol–water partition coefficient (Wildman–Crippen LogP) is 16.2. The molecule has 3 fully saturated rings. The Morgan fingerprint density at radius 3 is 1.14 bits per heavy atom. The van der Waals surface area contributed by atoms with E-state index in [0.29, 0.717) is 38.0 Å². The summed E-state index contributed by atoms with van der Waals surface area (Å²) < 4.78 is 73.3. The van der Waals surface area contributed by atoms with Crippen LogP contribution in [0.4, 0.5) is 0 Å². The van der Waals surface area contributed by atoms with Gasteiger partial charge in [0.2, 0.25) is 0 Å². The number of phosphoric ester groups is 1. The number of ether oxygens (including phenoxy) is 8. The van der Waals surface area contributed by atoms with E-state index in [2.05, 4.69) is 46.8 Å². The Labute approximate surface area is 686 Å². The lowest BCUT2D eigenvalue weighted by molar-refractivity contribution is -0.360. The molecule has 2 heterocycles. The second-order valence-electron chi connectivity index (χ2n) is 33.1. The van der Waals surface area contributed by atoms with E-state index in [1.807, 2.05) is 0 Å². The van der Waals surface area contributed by atoms with Gasteiger partial charge in [-0.2, -0.15) is 0 Å². The zero-order valence-corrected chi connectivity index (χ0v) is 72.2. The molecule has 0 spiro atoms. The maximum absolute atomic E-state index is 14.9. The maximum atomic E-state index is 14.9. The summed E-state index contributed by atoms with van der Waals surface area (Å²) in [5, 5.41) is 102. The number of phosphoric acid groups is 1. The summed E-state index contributed by atoms with van der Waals surface area (Å²) in [5.41, 5.74) is 0. The van der Waals surface area contributed by atoms with Gasteiger partial charge in [0.1, 0.15) is 92.6 Å². The highest BCUT2D eigenvalue weighted by molar-refractivity contribution is 7.47. The summed E-state index contributed by atoms with van der Waals surface area (Å²) in [6, 6.07) is 0. The van der Waals surface area contributed by atoms with Crippen molar-refractivity contribution >= 4 is 31.7 Å². The zero-order chi connectivity index (χ0) is 83.4. The molecule has 0 aromatic carbocycles. The first-order valence-corrected chi connectivity index (χ1v) is 47.3. The Kier molecular flexibility index (Phi) is 61.8. The van der Waals surface area contributed by atoms with Gasteiger partial charge in [0.15, 0.2) is 24.8 Å². The van der Waals surface area contributed by atoms with Crippen molar-refractivity contribution < 1.29 is 122 Å². The minimum atomic E-state index is -5.80. The second-order valence-corrected chi connectivity index (χ2v) is 34.5. The first-order valence-electron chi connectivity index (χ1n) is 45.8. The number of hydrogen-bond acceptors (Lipinski definition) is 24. The molecule has 0 bridgehead atoms. The lowest BCUT2D eigenvalue weighted by Gasteiger charge is -2.50. The van der Waals surface area contributed by atoms with Crippen molar-refractivity contribution in [2.75, 3.05) is 26.4 Å². The summed E-state index contributed by atoms with van der Waals surface area (Å²) in [6.07, 6.45) is 22.4. The van der Waals surface area contributed by atoms with E-state index < -0.39 is 162 Å². The van der Waals surface area contributed by atoms with Gasteiger partial charge in [0.05, 0.1) is 13.2 Å². The Morgan fingerprint density at radius 2 is 0.711 bits per heavy atom. The molecule has 26 heteroatoms. The first kappa shape index (κ1) is 105. The number of esters is 4. The average Bonchev–Trinajstić information content (AvgIpc) is 0.755. The van der Waals surface area contributed by atoms with Gasteiger partial charge in [-0.05, 0) is 57.3 Å². The van der Waals surface area contributed by atoms with Crippen LogP contribution in [0.2, 0.25) is 0 Å². The van der Waals surface area contributed by atoms with Crippen molar-refractivity contribution in [3.8, 4) is 0 Å². The Balaban J connectivity index is 1.93. The molecule has 1 saturated carbocycles. The van der Waals surface area contributed by atoms with Crippen molar-refractivity contribution in [3.63, 3.8) is 0 Å². The average molecular weight is 1650 g/mol. The van der Waals surface area contributed by atoms with Crippen LogP contribution in [0.3, 0.4) is 0 Å². The van der Waals surface area contributed by atoms with Crippen LogP contribution >= 0.6 is 7.82 Å². The van der Waals surface area contributed by atoms with Crippen molar-refractivity contribution in [1.82, 2.24) is 0 Å². The molecule has 0 amide bonds. The molecule has 25 nitrogen and oxygen atoms in total. The van der Waals surface area contributed by atoms with Crippen LogP contribution in [0.5, 0.6) is 0 Å². The highest BCUT2D eigenvalue weighted by Gasteiger charge is 2.60. The molecule has 0 radical (unpaired) electrons. The summed E-state index contributed by atoms with van der Waals surface area (Å²) in [7, 11) is -5.80. The van der Waals surface area contributed by atoms with Crippen molar-refractivity contribution in [3.05, 3.63) is 12.2 Å². The van der Waals surface area contributed by atoms with Gasteiger partial charge < -0.3 is 88.7 Å². The van der Waals surface area contributed by atoms with Crippen molar-refractivity contribution in [2.45, 2.75) is 492 Å². The highest BCUT2D eigenvalue weighted by Crippen LogP contribution is 2.49. The number of carbonyl (C=O) groups is 4. The minimum Gasteiger partial charge on any atom is -0.463 e. The number of carbonyl (C=O) groups excluding carboxylic acids is 4. The van der Waals surface area contributed by atoms with Gasteiger partial charge in [-0.3, -0.25) is 28.2 Å². The van der Waals surface area contributed by atoms with E-state index in [1.165, 1.54) is 167 Å². The summed E-state index contributed by atoms with van der Waals surface area (Å²) in [5.74, 6) is -2.29. The third-order valence-electron chi connectivity index (χ3n) is 22.7. The molecule has 114 heavy (non-hydrogen) atoms. The van der Waals surface area contributed by atoms with Gasteiger partial charge >= 0.3 is 31.7 Å². The molecule has 10 N–H and O–H groups in total. The second kappa shape index (κ2) is 66.9. The highest BCUT2D eigenvalue weighted by atomic mass is 31.2. The Morgan fingerprint density at radius 1 is 0.368 bits per heavy atom. The van der Waals surface area contributed by atoms with Crippen LogP contribution in [-0.4, -0.2) is 205 Å². The zero-order valence-electron chi connectivity index (χ0n) is 71.3. The van der Waals surface area contributed by atoms with Crippen LogP contribution in [0, 0.1) is 5.92 Å². The quantitative estimate of drug-likeness (QED) is 0.00889. The fourth-order valence-corrected chi connectivity index (χ4v) is 16.2. The summed E-state index contributed by atoms with van der Waals surface area (Å²) in [4.78, 5) is 66.3. The molecule has 0 aromatic heterocycles. The largest absolute Gasteiger partial charge is 0.472 e. The molecule has 0 aromatic rings. The number of aliphatic hydroxyl groups is 9. The minimum absolute atomic E-state index is 0.0156. The smallest absolute Gasteiger partial charge is 0.463 e. The van der Waals surface area contributed by atoms with Gasteiger partial charge in [0.25, 0.3) is 0 Å². The molecule has 19 unspecified atom stereocenters. The Hall–Kier alpha value is -2.79. The number of allylic oxidation sites excluding steroid dienone is 2. The lowest BCUT2D eigenvalue weighted by Crippen LogP contribution is -2.70. The maximum Gasteiger partial charge on any atom is 0.472 e. The van der Waals surface area contributed by atoms with Gasteiger partial charge in [0, 0.05) is 25.7 Å². The number of hydrogen-bond donors (Lipinski definition) is 10. The van der Waals surface area contributed by atoms with Crippen LogP contribution in [0.15, 0.2) is 12.2 Å². The summed E-state index contributed by atoms with van der Waals surface area (Å²) in [6.45, 7) is 7.88. The van der Waals surface area contributed by atoms with E-state index in [0.717, 1.165) is 128 Å². The van der Waals surface area contributed by atoms with Crippen LogP contribution < -0.4 is 0 Å². The van der Waals surface area contributed by atoms with Gasteiger partial charge in [-0.25, -0.2) is 4.57 Å². The fraction of sp³-hybridized carbons (Fsp3) is 0.932. The van der Waals surface area contributed by atoms with Crippen LogP contribution in [-0.2, 0) is 70.7 Å². The molecule has 3 aliphatic rings. The van der Waals surface area contributed by atoms with Crippen LogP contribution in [0.25, 0.3) is 0 Å². The van der Waals surface area contributed by atoms with Gasteiger partial charge in [-0.15, -0.1) is 0 Å². The molecular weight excluding hydrogens is 1490 g/mol. The van der Waals surface area contributed by atoms with Crippen molar-refractivity contribution in [2.24, 2.45) is 5.92 Å². The SMILES string of the molecule is CCCCCCCC/C=C\CCCCCC(=O)OCC(COP(=O)(O)OC1C(OC2OC(CO)C(O)C(O)C2O)C(O)C(O)C(OC(=O)CCCCCCCCCCCCCCC)C1OC1OC(COC(=O)CCCCCCCCC(C)CCCCCCCC)C(O)C(O)C1O)OC(=O)CCCCCCCCCCCCCCC. The molecule has 3 rings (SSSR count). The van der Waals surface area contributed by atoms with E-state index in [4.69, 9.17) is 46.9 Å². The molecule has 1 aliphatic carbocycles. The van der Waals surface area contributed by atoms with Gasteiger partial charge in [-0.1, -0.05) is 323 Å². The Bertz CT molecular complexity index is 2440. The molecular formula is C88H163O25P. The molecule has 19 atom stereocenters. The van der Waals surface area contributed by atoms with E-state index in [1.54, 1.807) is 0 Å². The fourth-order valence-electron chi connectivity index (χ4n) is 15.3. The van der Waals surface area contributed by atoms with E-state index in [9.17, 15) is 74.6 Å². The number of rotatable bonds is 73. The summed E-state index contributed by atoms with van der Waals surface area (Å²) >= 11 is 0. The van der Waals surface area contributed by atoms with Crippen LogP contribution in [0.1, 0.15) is 388 Å². The third-order valence-corrected chi connectivity index (χ3v) is 23.7. The standard InChI is InChI=1S/C88H163O25P/c1-6-10-14-18-22-25-28-31-34-37-40-47-53-59-71(90)104-64-68(107-73(92)61-55-49-41-38-35-32-29-26-23-19-15-11-7-2)65-106-114(102,103)113-86-84(111-87-81(100)77(96)75(94)69(63-89)108-87)80(99)79(98)83(110-74(93)62-56-50-42-39-36-33-30-27-24-20-16-12-8-3)85(86)112-88-82(101)78(97)76(95)70(109-88)66-105-72(91)60-54-48-44-43-46-52-58-67(5)57-51-45-21-17-13-9-4/h31,34,67-70,75-89,94-101H,6-30,32-33,35-66H2,1-5H3,(H,102,103)/b34-31-. The third kappa shape index (κ3) is 47.4. The molecule has 2 aliphatic heterocycles. The number of unbranched alkanes of at least 4 members (excludes halogenated alkanes) is 43. The molecule has 2 saturated heterocycles. The predicted molar refractivity (Wildman–Crippen MR) is 439 cm³/mol. The first-order chi connectivity index (χ1) is 55.1. The normalized spacial score (nSPS) is 25.7. The van der Waals surface area contributed by atoms with E-state index in [-0.39, 0.29) is 25.7 Å². The van der Waals surface area contributed by atoms with E-state index >= 15 is 0 Å². The number of aliphatic hydroxyl groups excluding tert-OH is 9. The molecule has 670 valence electrons.